The summed E-state index contributed by atoms with van der Waals surface area (Å²) < 4.78 is 5.61. The minimum atomic E-state index is -1.40. The average Bonchev–Trinajstić information content (AvgIpc) is 2.89. The largest absolute Gasteiger partial charge is 0.505 e. The van der Waals surface area contributed by atoms with Crippen molar-refractivity contribution in [3.8, 4) is 5.75 Å². The summed E-state index contributed by atoms with van der Waals surface area (Å²) in [6.07, 6.45) is 1.29. The van der Waals surface area contributed by atoms with Crippen LogP contribution < -0.4 is 16.0 Å². The molecular formula is C27H37N5O7. The lowest BCUT2D eigenvalue weighted by Crippen LogP contribution is -2.61. The van der Waals surface area contributed by atoms with Crippen LogP contribution in [0.25, 0.3) is 0 Å². The van der Waals surface area contributed by atoms with E-state index in [4.69, 9.17) is 4.74 Å². The third kappa shape index (κ3) is 7.94. The van der Waals surface area contributed by atoms with Gasteiger partial charge in [0.15, 0.2) is 5.69 Å². The number of cyclic esters (lactones) is 1. The first-order valence-electron chi connectivity index (χ1n) is 12.9. The minimum Gasteiger partial charge on any atom is -0.505 e. The van der Waals surface area contributed by atoms with Gasteiger partial charge in [0.1, 0.15) is 30.2 Å². The maximum absolute atomic E-state index is 13.6. The van der Waals surface area contributed by atoms with Crippen LogP contribution in [0.4, 0.5) is 0 Å². The number of amides is 2. The van der Waals surface area contributed by atoms with Crippen LogP contribution in [0.3, 0.4) is 0 Å². The molecule has 39 heavy (non-hydrogen) atoms. The number of nitrogens with one attached hydrogen (secondary N) is 3. The minimum absolute atomic E-state index is 0.0509. The van der Waals surface area contributed by atoms with Crippen molar-refractivity contribution in [2.24, 2.45) is 11.8 Å². The number of hydrogen-bond acceptors (Lipinski definition) is 10. The second-order valence-corrected chi connectivity index (χ2v) is 10.3. The molecule has 0 aromatic carbocycles. The highest BCUT2D eigenvalue weighted by Crippen LogP contribution is 2.20. The maximum Gasteiger partial charge on any atom is 0.323 e. The molecule has 0 bridgehead atoms. The van der Waals surface area contributed by atoms with E-state index in [1.165, 1.54) is 25.3 Å². The molecule has 2 aromatic rings. The third-order valence-electron chi connectivity index (χ3n) is 6.66. The first-order chi connectivity index (χ1) is 18.5. The molecule has 12 nitrogen and oxygen atoms in total. The van der Waals surface area contributed by atoms with Crippen molar-refractivity contribution in [3.63, 3.8) is 0 Å². The van der Waals surface area contributed by atoms with Crippen molar-refractivity contribution in [1.82, 2.24) is 25.9 Å². The zero-order valence-electron chi connectivity index (χ0n) is 22.4. The number of ether oxygens (including phenoxy) is 1. The van der Waals surface area contributed by atoms with Crippen LogP contribution in [0, 0.1) is 11.8 Å². The molecule has 212 valence electrons. The van der Waals surface area contributed by atoms with E-state index in [1.54, 1.807) is 31.5 Å². The van der Waals surface area contributed by atoms with Gasteiger partial charge in [-0.3, -0.25) is 24.7 Å². The van der Waals surface area contributed by atoms with Crippen molar-refractivity contribution in [2.45, 2.75) is 77.1 Å². The van der Waals surface area contributed by atoms with E-state index >= 15 is 0 Å². The van der Waals surface area contributed by atoms with Gasteiger partial charge < -0.3 is 30.7 Å². The van der Waals surface area contributed by atoms with Crippen molar-refractivity contribution < 1.29 is 34.4 Å². The van der Waals surface area contributed by atoms with E-state index in [-0.39, 0.29) is 23.8 Å². The summed E-state index contributed by atoms with van der Waals surface area (Å²) in [7, 11) is 0. The molecule has 0 spiro atoms. The van der Waals surface area contributed by atoms with Gasteiger partial charge in [-0.2, -0.15) is 0 Å². The van der Waals surface area contributed by atoms with Crippen LogP contribution in [0.15, 0.2) is 42.9 Å². The fourth-order valence-electron chi connectivity index (χ4n) is 4.43. The molecule has 1 fully saturated rings. The molecular weight excluding hydrogens is 506 g/mol. The van der Waals surface area contributed by atoms with Gasteiger partial charge in [0.25, 0.3) is 5.91 Å². The first-order valence-corrected chi connectivity index (χ1v) is 12.9. The van der Waals surface area contributed by atoms with Crippen LogP contribution in [-0.4, -0.2) is 79.6 Å². The predicted octanol–water partition coefficient (Wildman–Crippen LogP) is 0.273. The summed E-state index contributed by atoms with van der Waals surface area (Å²) in [4.78, 5) is 47.6. The van der Waals surface area contributed by atoms with Gasteiger partial charge in [-0.05, 0) is 49.4 Å². The predicted molar refractivity (Wildman–Crippen MR) is 140 cm³/mol. The number of nitrogens with zero attached hydrogens (tertiary/aromatic N) is 2. The van der Waals surface area contributed by atoms with E-state index in [2.05, 4.69) is 25.9 Å². The number of hydrogen-bond donors (Lipinski definition) is 6. The standard InChI is InChI=1S/C27H37N5O7/c1-14(2)11-19-27(38)39-16(4)21(32-26(37)22-20(33)8-6-10-29-22)25(36)30-18(12-17-7-5-9-28-13-17)23(34)15(3)24(35)31-19/h5-10,13-16,18-19,21,23-24,31,33-35H,11-12H2,1-4H3,(H,30,36)(H,32,37). The summed E-state index contributed by atoms with van der Waals surface area (Å²) in [6, 6.07) is 3.00. The molecule has 3 heterocycles. The summed E-state index contributed by atoms with van der Waals surface area (Å²) in [5.41, 5.74) is 0.415. The van der Waals surface area contributed by atoms with E-state index in [0.717, 1.165) is 5.56 Å². The monoisotopic (exact) mass is 543 g/mol. The van der Waals surface area contributed by atoms with Crippen molar-refractivity contribution in [3.05, 3.63) is 54.1 Å². The lowest BCUT2D eigenvalue weighted by atomic mass is 9.90. The Hall–Kier alpha value is -3.61. The number of carbonyl (C=O) groups excluding carboxylic acids is 3. The fraction of sp³-hybridized carbons (Fsp3) is 0.519. The lowest BCUT2D eigenvalue weighted by Gasteiger charge is -2.36. The molecule has 1 aliphatic rings. The normalized spacial score (nSPS) is 28.5. The molecule has 0 aliphatic carbocycles. The molecule has 12 heteroatoms. The van der Waals surface area contributed by atoms with Crippen molar-refractivity contribution in [1.29, 1.82) is 0 Å². The molecule has 1 aliphatic heterocycles. The van der Waals surface area contributed by atoms with Crippen LogP contribution in [0.2, 0.25) is 0 Å². The Labute approximate surface area is 227 Å². The second kappa shape index (κ2) is 13.5. The number of aliphatic hydroxyl groups is 2. The average molecular weight is 544 g/mol. The Bertz CT molecular complexity index is 1130. The first kappa shape index (κ1) is 29.9. The van der Waals surface area contributed by atoms with E-state index in [9.17, 15) is 29.7 Å². The van der Waals surface area contributed by atoms with Gasteiger partial charge >= 0.3 is 5.97 Å². The SMILES string of the molecule is CC(C)CC1NC(O)C(C)C(O)C(Cc2cccnc2)NC(=O)C(NC(=O)c2ncccc2O)C(C)OC1=O. The molecule has 7 atom stereocenters. The molecule has 3 rings (SSSR count). The molecule has 0 radical (unpaired) electrons. The molecule has 6 N–H and O–H groups in total. The Morgan fingerprint density at radius 1 is 1.15 bits per heavy atom. The number of aliphatic hydroxyl groups excluding tert-OH is 2. The number of carbonyl (C=O) groups is 3. The Kier molecular flexibility index (Phi) is 10.3. The zero-order chi connectivity index (χ0) is 28.7. The maximum atomic E-state index is 13.6. The highest BCUT2D eigenvalue weighted by Gasteiger charge is 2.39. The molecule has 7 unspecified atom stereocenters. The van der Waals surface area contributed by atoms with Crippen LogP contribution in [0.5, 0.6) is 5.75 Å². The Balaban J connectivity index is 1.98. The Morgan fingerprint density at radius 3 is 2.51 bits per heavy atom. The van der Waals surface area contributed by atoms with Crippen molar-refractivity contribution >= 4 is 17.8 Å². The summed E-state index contributed by atoms with van der Waals surface area (Å²) >= 11 is 0. The molecule has 2 aromatic heterocycles. The van der Waals surface area contributed by atoms with Crippen LogP contribution >= 0.6 is 0 Å². The van der Waals surface area contributed by atoms with E-state index in [1.807, 2.05) is 13.8 Å². The summed E-state index contributed by atoms with van der Waals surface area (Å²) in [6.45, 7) is 6.85. The number of aromatic nitrogens is 2. The summed E-state index contributed by atoms with van der Waals surface area (Å²) in [5, 5.41) is 40.3. The summed E-state index contributed by atoms with van der Waals surface area (Å²) in [5.74, 6) is -3.46. The number of aromatic hydroxyl groups is 1. The topological polar surface area (TPSA) is 183 Å². The second-order valence-electron chi connectivity index (χ2n) is 10.3. The highest BCUT2D eigenvalue weighted by atomic mass is 16.5. The molecule has 0 saturated carbocycles. The Morgan fingerprint density at radius 2 is 1.87 bits per heavy atom. The van der Waals surface area contributed by atoms with Gasteiger partial charge in [0.2, 0.25) is 5.91 Å². The zero-order valence-corrected chi connectivity index (χ0v) is 22.4. The number of rotatable bonds is 6. The molecule has 1 saturated heterocycles. The fourth-order valence-corrected chi connectivity index (χ4v) is 4.43. The van der Waals surface area contributed by atoms with Gasteiger partial charge in [0, 0.05) is 24.5 Å². The van der Waals surface area contributed by atoms with Gasteiger partial charge in [-0.15, -0.1) is 0 Å². The van der Waals surface area contributed by atoms with Crippen molar-refractivity contribution in [2.75, 3.05) is 0 Å². The van der Waals surface area contributed by atoms with Gasteiger partial charge in [0.05, 0.1) is 12.1 Å². The van der Waals surface area contributed by atoms with Gasteiger partial charge in [-0.1, -0.05) is 26.8 Å². The van der Waals surface area contributed by atoms with Crippen LogP contribution in [0.1, 0.15) is 50.2 Å². The quantitative estimate of drug-likeness (QED) is 0.277. The smallest absolute Gasteiger partial charge is 0.323 e. The highest BCUT2D eigenvalue weighted by molar-refractivity contribution is 5.98. The molecule has 2 amide bonds. The third-order valence-corrected chi connectivity index (χ3v) is 6.66. The van der Waals surface area contributed by atoms with E-state index < -0.39 is 60.3 Å². The number of esters is 1. The van der Waals surface area contributed by atoms with E-state index in [0.29, 0.717) is 6.42 Å². The van der Waals surface area contributed by atoms with Gasteiger partial charge in [-0.25, -0.2) is 4.98 Å². The number of pyridine rings is 2. The lowest BCUT2D eigenvalue weighted by molar-refractivity contribution is -0.156. The van der Waals surface area contributed by atoms with Crippen LogP contribution in [-0.2, 0) is 20.7 Å².